The van der Waals surface area contributed by atoms with E-state index >= 15 is 0 Å². The molecule has 5 nitrogen and oxygen atoms in total. The molecular formula is C19H24N2O3S. The van der Waals surface area contributed by atoms with Crippen LogP contribution in [0.5, 0.6) is 11.5 Å². The minimum absolute atomic E-state index is 0.154. The Labute approximate surface area is 152 Å². The van der Waals surface area contributed by atoms with Gasteiger partial charge in [-0.3, -0.25) is 9.69 Å². The lowest BCUT2D eigenvalue weighted by atomic mass is 10.0. The number of nitrogens with zero attached hydrogens (tertiary/aromatic N) is 2. The van der Waals surface area contributed by atoms with Gasteiger partial charge in [-0.25, -0.2) is 0 Å². The quantitative estimate of drug-likeness (QED) is 0.822. The Hall–Kier alpha value is -2.05. The number of piperazine rings is 1. The summed E-state index contributed by atoms with van der Waals surface area (Å²) in [6, 6.07) is 10.1. The Balaban J connectivity index is 1.75. The number of hydrogen-bond acceptors (Lipinski definition) is 5. The van der Waals surface area contributed by atoms with Gasteiger partial charge in [-0.1, -0.05) is 12.1 Å². The molecule has 1 aromatic carbocycles. The van der Waals surface area contributed by atoms with Gasteiger partial charge in [-0.15, -0.1) is 11.3 Å². The topological polar surface area (TPSA) is 42.0 Å². The van der Waals surface area contributed by atoms with E-state index in [2.05, 4.69) is 18.0 Å². The number of benzene rings is 1. The number of rotatable bonds is 5. The summed E-state index contributed by atoms with van der Waals surface area (Å²) >= 11 is 1.63. The van der Waals surface area contributed by atoms with E-state index in [4.69, 9.17) is 9.47 Å². The molecule has 0 saturated carbocycles. The summed E-state index contributed by atoms with van der Waals surface area (Å²) in [5, 5.41) is 2.01. The standard InChI is InChI=1S/C19H24N2O3S/c1-20-8-9-21(19(22)12-15-5-4-10-25-15)13-16(20)14-6-7-17(23-2)18(11-14)24-3/h4-7,10-11,16H,8-9,12-13H2,1-3H3. The van der Waals surface area contributed by atoms with E-state index in [0.29, 0.717) is 13.0 Å². The number of thiophene rings is 1. The molecule has 134 valence electrons. The van der Waals surface area contributed by atoms with Crippen LogP contribution in [0, 0.1) is 0 Å². The van der Waals surface area contributed by atoms with E-state index in [1.54, 1.807) is 25.6 Å². The van der Waals surface area contributed by atoms with Crippen LogP contribution in [0.15, 0.2) is 35.7 Å². The summed E-state index contributed by atoms with van der Waals surface area (Å²) in [4.78, 5) is 18.0. The molecule has 1 unspecified atom stereocenters. The van der Waals surface area contributed by atoms with Crippen molar-refractivity contribution in [1.29, 1.82) is 0 Å². The molecular weight excluding hydrogens is 336 g/mol. The predicted molar refractivity (Wildman–Crippen MR) is 99.5 cm³/mol. The number of carbonyl (C=O) groups excluding carboxylic acids is 1. The monoisotopic (exact) mass is 360 g/mol. The van der Waals surface area contributed by atoms with Crippen LogP contribution < -0.4 is 9.47 Å². The van der Waals surface area contributed by atoms with Crippen molar-refractivity contribution in [3.63, 3.8) is 0 Å². The van der Waals surface area contributed by atoms with Crippen LogP contribution in [0.25, 0.3) is 0 Å². The van der Waals surface area contributed by atoms with Crippen molar-refractivity contribution in [2.75, 3.05) is 40.9 Å². The fourth-order valence-corrected chi connectivity index (χ4v) is 3.89. The zero-order valence-electron chi connectivity index (χ0n) is 14.9. The summed E-state index contributed by atoms with van der Waals surface area (Å²) in [6.45, 7) is 2.32. The maximum absolute atomic E-state index is 12.6. The molecule has 1 atom stereocenters. The lowest BCUT2D eigenvalue weighted by Gasteiger charge is -2.40. The maximum Gasteiger partial charge on any atom is 0.227 e. The van der Waals surface area contributed by atoms with E-state index in [1.807, 2.05) is 34.5 Å². The van der Waals surface area contributed by atoms with Crippen LogP contribution in [0.1, 0.15) is 16.5 Å². The molecule has 0 N–H and O–H groups in total. The van der Waals surface area contributed by atoms with Gasteiger partial charge >= 0.3 is 0 Å². The third-order valence-electron chi connectivity index (χ3n) is 4.70. The molecule has 0 spiro atoms. The highest BCUT2D eigenvalue weighted by Gasteiger charge is 2.29. The van der Waals surface area contributed by atoms with E-state index in [1.165, 1.54) is 0 Å². The van der Waals surface area contributed by atoms with Gasteiger partial charge in [0, 0.05) is 24.5 Å². The Morgan fingerprint density at radius 3 is 2.68 bits per heavy atom. The fraction of sp³-hybridized carbons (Fsp3) is 0.421. The SMILES string of the molecule is COc1ccc(C2CN(C(=O)Cc3cccs3)CCN2C)cc1OC. The number of hydrogen-bond donors (Lipinski definition) is 0. The fourth-order valence-electron chi connectivity index (χ4n) is 3.19. The number of likely N-dealkylation sites (N-methyl/N-ethyl adjacent to an activating group) is 1. The first-order chi connectivity index (χ1) is 12.1. The molecule has 0 radical (unpaired) electrons. The molecule has 0 aliphatic carbocycles. The van der Waals surface area contributed by atoms with Crippen LogP contribution in [0.3, 0.4) is 0 Å². The van der Waals surface area contributed by atoms with Gasteiger partial charge in [-0.2, -0.15) is 0 Å². The van der Waals surface area contributed by atoms with Crippen LogP contribution >= 0.6 is 11.3 Å². The van der Waals surface area contributed by atoms with Crippen LogP contribution in [0.4, 0.5) is 0 Å². The number of carbonyl (C=O) groups is 1. The van der Waals surface area contributed by atoms with Crippen LogP contribution in [0.2, 0.25) is 0 Å². The summed E-state index contributed by atoms with van der Waals surface area (Å²) in [5.74, 6) is 1.63. The van der Waals surface area contributed by atoms with Gasteiger partial charge < -0.3 is 14.4 Å². The zero-order valence-corrected chi connectivity index (χ0v) is 15.7. The first kappa shape index (κ1) is 17.8. The normalized spacial score (nSPS) is 18.2. The Morgan fingerprint density at radius 2 is 2.00 bits per heavy atom. The molecule has 1 aliphatic rings. The second-order valence-corrected chi connectivity index (χ2v) is 7.24. The minimum Gasteiger partial charge on any atom is -0.493 e. The van der Waals surface area contributed by atoms with Crippen molar-refractivity contribution >= 4 is 17.2 Å². The smallest absolute Gasteiger partial charge is 0.227 e. The molecule has 1 saturated heterocycles. The first-order valence-electron chi connectivity index (χ1n) is 8.34. The molecule has 25 heavy (non-hydrogen) atoms. The summed E-state index contributed by atoms with van der Waals surface area (Å²) < 4.78 is 10.7. The third-order valence-corrected chi connectivity index (χ3v) is 5.58. The van der Waals surface area contributed by atoms with Crippen molar-refractivity contribution in [2.45, 2.75) is 12.5 Å². The molecule has 1 amide bonds. The molecule has 1 aromatic heterocycles. The average Bonchev–Trinajstić information content (AvgIpc) is 3.14. The first-order valence-corrected chi connectivity index (χ1v) is 9.22. The van der Waals surface area contributed by atoms with E-state index in [9.17, 15) is 4.79 Å². The minimum atomic E-state index is 0.154. The van der Waals surface area contributed by atoms with Gasteiger partial charge in [0.2, 0.25) is 5.91 Å². The Morgan fingerprint density at radius 1 is 1.20 bits per heavy atom. The molecule has 1 fully saturated rings. The van der Waals surface area contributed by atoms with Crippen molar-refractivity contribution < 1.29 is 14.3 Å². The number of ether oxygens (including phenoxy) is 2. The van der Waals surface area contributed by atoms with E-state index in [0.717, 1.165) is 35.0 Å². The number of methoxy groups -OCH3 is 2. The van der Waals surface area contributed by atoms with Crippen molar-refractivity contribution in [3.05, 3.63) is 46.2 Å². The van der Waals surface area contributed by atoms with Crippen molar-refractivity contribution in [1.82, 2.24) is 9.80 Å². The summed E-state index contributed by atoms with van der Waals surface area (Å²) in [7, 11) is 5.38. The van der Waals surface area contributed by atoms with Gasteiger partial charge in [0.05, 0.1) is 26.7 Å². The highest BCUT2D eigenvalue weighted by atomic mass is 32.1. The van der Waals surface area contributed by atoms with Gasteiger partial charge in [-0.05, 0) is 36.2 Å². The molecule has 0 bridgehead atoms. The second-order valence-electron chi connectivity index (χ2n) is 6.21. The highest BCUT2D eigenvalue weighted by molar-refractivity contribution is 7.10. The van der Waals surface area contributed by atoms with Crippen LogP contribution in [-0.2, 0) is 11.2 Å². The van der Waals surface area contributed by atoms with Crippen molar-refractivity contribution in [2.24, 2.45) is 0 Å². The Kier molecular flexibility index (Phi) is 5.60. The molecule has 6 heteroatoms. The van der Waals surface area contributed by atoms with Gasteiger partial charge in [0.15, 0.2) is 11.5 Å². The van der Waals surface area contributed by atoms with E-state index < -0.39 is 0 Å². The number of amides is 1. The second kappa shape index (κ2) is 7.89. The van der Waals surface area contributed by atoms with Crippen molar-refractivity contribution in [3.8, 4) is 11.5 Å². The Bertz CT molecular complexity index is 717. The maximum atomic E-state index is 12.6. The summed E-state index contributed by atoms with van der Waals surface area (Å²) in [5.41, 5.74) is 1.13. The predicted octanol–water partition coefficient (Wildman–Crippen LogP) is 2.82. The highest BCUT2D eigenvalue weighted by Crippen LogP contribution is 2.33. The molecule has 3 rings (SSSR count). The zero-order chi connectivity index (χ0) is 17.8. The largest absolute Gasteiger partial charge is 0.493 e. The van der Waals surface area contributed by atoms with Crippen LogP contribution in [-0.4, -0.2) is 56.6 Å². The third kappa shape index (κ3) is 3.96. The summed E-state index contributed by atoms with van der Waals surface area (Å²) in [6.07, 6.45) is 0.486. The van der Waals surface area contributed by atoms with Gasteiger partial charge in [0.25, 0.3) is 0 Å². The molecule has 1 aliphatic heterocycles. The lowest BCUT2D eigenvalue weighted by molar-refractivity contribution is -0.133. The van der Waals surface area contributed by atoms with Gasteiger partial charge in [0.1, 0.15) is 0 Å². The molecule has 2 aromatic rings. The van der Waals surface area contributed by atoms with E-state index in [-0.39, 0.29) is 11.9 Å². The molecule has 2 heterocycles. The lowest BCUT2D eigenvalue weighted by Crippen LogP contribution is -2.49. The average molecular weight is 360 g/mol.